The number of halogens is 3. The van der Waals surface area contributed by atoms with Gasteiger partial charge in [0.05, 0.1) is 0 Å². The summed E-state index contributed by atoms with van der Waals surface area (Å²) in [6.45, 7) is 8.81. The highest BCUT2D eigenvalue weighted by atomic mass is 19.4. The molecule has 3 aliphatic heterocycles. The van der Waals surface area contributed by atoms with Gasteiger partial charge in [0.15, 0.2) is 0 Å². The molecule has 3 fully saturated rings. The summed E-state index contributed by atoms with van der Waals surface area (Å²) < 4.78 is 38.7. The normalized spacial score (nSPS) is 22.3. The first-order valence-electron chi connectivity index (χ1n) is 13.4. The van der Waals surface area contributed by atoms with E-state index in [0.29, 0.717) is 37.0 Å². The maximum absolute atomic E-state index is 12.9. The van der Waals surface area contributed by atoms with E-state index in [-0.39, 0.29) is 19.4 Å². The van der Waals surface area contributed by atoms with E-state index in [1.807, 2.05) is 4.90 Å². The minimum atomic E-state index is -4.46. The predicted octanol–water partition coefficient (Wildman–Crippen LogP) is 5.30. The lowest BCUT2D eigenvalue weighted by Gasteiger charge is -2.33. The molecule has 3 aliphatic rings. The van der Waals surface area contributed by atoms with E-state index in [1.54, 1.807) is 6.07 Å². The third-order valence-electron chi connectivity index (χ3n) is 8.09. The number of anilines is 2. The van der Waals surface area contributed by atoms with Crippen LogP contribution in [0.25, 0.3) is 0 Å². The Morgan fingerprint density at radius 1 is 1.03 bits per heavy atom. The standard InChI is InChI=1S/C28H36F3N5O.CH4/c1-20-4-6-25(7-5-20)36-18-21-16-34(17-22(21)19-36)12-2-3-27(37)35-13-9-23(10-14-35)33-24-8-11-32-26(15-24)28(29,30)31;/h4-8,11,15,21-23H,2-3,9-10,12-14,16-19H2,1H3,(H,32,33);1H4. The first kappa shape index (κ1) is 28.2. The monoisotopic (exact) mass is 531 g/mol. The van der Waals surface area contributed by atoms with E-state index >= 15 is 0 Å². The number of hydrogen-bond acceptors (Lipinski definition) is 5. The zero-order chi connectivity index (χ0) is 26.0. The number of hydrogen-bond donors (Lipinski definition) is 1. The maximum Gasteiger partial charge on any atom is 0.433 e. The fourth-order valence-electron chi connectivity index (χ4n) is 6.04. The van der Waals surface area contributed by atoms with Crippen LogP contribution >= 0.6 is 0 Å². The van der Waals surface area contributed by atoms with Gasteiger partial charge in [0.2, 0.25) is 5.91 Å². The van der Waals surface area contributed by atoms with Crippen LogP contribution in [0.5, 0.6) is 0 Å². The van der Waals surface area contributed by atoms with Crippen LogP contribution in [-0.2, 0) is 11.0 Å². The minimum Gasteiger partial charge on any atom is -0.382 e. The van der Waals surface area contributed by atoms with Crippen LogP contribution < -0.4 is 10.2 Å². The SMILES string of the molecule is C.Cc1ccc(N2CC3CN(CCCC(=O)N4CCC(Nc5ccnc(C(F)(F)F)c5)CC4)CC3C2)cc1. The highest BCUT2D eigenvalue weighted by molar-refractivity contribution is 5.76. The van der Waals surface area contributed by atoms with Crippen LogP contribution in [0.4, 0.5) is 24.5 Å². The van der Waals surface area contributed by atoms with Crippen molar-refractivity contribution in [2.24, 2.45) is 11.8 Å². The summed E-state index contributed by atoms with van der Waals surface area (Å²) in [4.78, 5) is 23.1. The number of carbonyl (C=O) groups is 1. The fraction of sp³-hybridized carbons (Fsp3) is 0.586. The number of likely N-dealkylation sites (tertiary alicyclic amines) is 2. The van der Waals surface area contributed by atoms with Gasteiger partial charge in [-0.05, 0) is 68.8 Å². The lowest BCUT2D eigenvalue weighted by molar-refractivity contribution is -0.141. The number of alkyl halides is 3. The van der Waals surface area contributed by atoms with Gasteiger partial charge in [0.25, 0.3) is 0 Å². The largest absolute Gasteiger partial charge is 0.433 e. The van der Waals surface area contributed by atoms with Gasteiger partial charge in [-0.15, -0.1) is 0 Å². The number of amides is 1. The topological polar surface area (TPSA) is 51.7 Å². The number of nitrogens with zero attached hydrogens (tertiary/aromatic N) is 4. The molecule has 0 radical (unpaired) electrons. The quantitative estimate of drug-likeness (QED) is 0.526. The van der Waals surface area contributed by atoms with Crippen molar-refractivity contribution in [2.75, 3.05) is 56.0 Å². The Bertz CT molecular complexity index is 1050. The maximum atomic E-state index is 12.9. The Morgan fingerprint density at radius 2 is 1.68 bits per heavy atom. The van der Waals surface area contributed by atoms with Gasteiger partial charge in [-0.3, -0.25) is 9.78 Å². The van der Waals surface area contributed by atoms with E-state index < -0.39 is 11.9 Å². The van der Waals surface area contributed by atoms with Crippen LogP contribution in [0.2, 0.25) is 0 Å². The first-order chi connectivity index (χ1) is 17.7. The number of aromatic nitrogens is 1. The average molecular weight is 532 g/mol. The molecule has 1 N–H and O–H groups in total. The lowest BCUT2D eigenvalue weighted by atomic mass is 10.0. The van der Waals surface area contributed by atoms with Crippen molar-refractivity contribution in [3.8, 4) is 0 Å². The highest BCUT2D eigenvalue weighted by Gasteiger charge is 2.39. The van der Waals surface area contributed by atoms with Gasteiger partial charge in [0, 0.05) is 69.3 Å². The van der Waals surface area contributed by atoms with Gasteiger partial charge >= 0.3 is 6.18 Å². The molecule has 4 heterocycles. The first-order valence-corrected chi connectivity index (χ1v) is 13.4. The Hall–Kier alpha value is -2.81. The molecule has 0 aliphatic carbocycles. The van der Waals surface area contributed by atoms with E-state index in [1.165, 1.54) is 17.4 Å². The number of fused-ring (bicyclic) bond motifs is 1. The molecular formula is C29H40F3N5O. The van der Waals surface area contributed by atoms with Crippen molar-refractivity contribution in [2.45, 2.75) is 52.3 Å². The molecule has 208 valence electrons. The molecule has 1 amide bonds. The van der Waals surface area contributed by atoms with Crippen LogP contribution in [-0.4, -0.2) is 72.5 Å². The molecule has 3 saturated heterocycles. The molecule has 6 nitrogen and oxygen atoms in total. The lowest BCUT2D eigenvalue weighted by Crippen LogP contribution is -2.42. The Kier molecular flexibility index (Phi) is 8.85. The summed E-state index contributed by atoms with van der Waals surface area (Å²) in [5.41, 5.74) is 2.14. The van der Waals surface area contributed by atoms with Gasteiger partial charge in [0.1, 0.15) is 5.69 Å². The third kappa shape index (κ3) is 6.79. The summed E-state index contributed by atoms with van der Waals surface area (Å²) >= 11 is 0. The third-order valence-corrected chi connectivity index (χ3v) is 8.09. The number of piperidine rings is 1. The van der Waals surface area contributed by atoms with Crippen LogP contribution in [0.1, 0.15) is 44.4 Å². The summed E-state index contributed by atoms with van der Waals surface area (Å²) in [6.07, 6.45) is -0.403. The molecule has 1 aromatic carbocycles. The number of benzene rings is 1. The molecule has 2 atom stereocenters. The van der Waals surface area contributed by atoms with Gasteiger partial charge in [-0.1, -0.05) is 25.1 Å². The molecule has 38 heavy (non-hydrogen) atoms. The molecule has 2 aromatic rings. The molecule has 0 saturated carbocycles. The van der Waals surface area contributed by atoms with Gasteiger partial charge in [-0.25, -0.2) is 0 Å². The summed E-state index contributed by atoms with van der Waals surface area (Å²) in [6, 6.07) is 11.5. The molecule has 5 rings (SSSR count). The zero-order valence-corrected chi connectivity index (χ0v) is 21.4. The van der Waals surface area contributed by atoms with Gasteiger partial charge in [-0.2, -0.15) is 13.2 Å². The molecule has 0 bridgehead atoms. The van der Waals surface area contributed by atoms with E-state index in [9.17, 15) is 18.0 Å². The summed E-state index contributed by atoms with van der Waals surface area (Å²) in [7, 11) is 0. The van der Waals surface area contributed by atoms with Crippen molar-refractivity contribution >= 4 is 17.3 Å². The summed E-state index contributed by atoms with van der Waals surface area (Å²) in [5.74, 6) is 1.60. The number of pyridine rings is 1. The van der Waals surface area contributed by atoms with Crippen molar-refractivity contribution in [1.82, 2.24) is 14.8 Å². The molecule has 1 aromatic heterocycles. The second-order valence-corrected chi connectivity index (χ2v) is 10.9. The Balaban J connectivity index is 0.00000336. The Morgan fingerprint density at radius 3 is 2.32 bits per heavy atom. The molecule has 9 heteroatoms. The van der Waals surface area contributed by atoms with Crippen LogP contribution in [0.15, 0.2) is 42.6 Å². The van der Waals surface area contributed by atoms with Gasteiger partial charge < -0.3 is 20.0 Å². The molecule has 0 spiro atoms. The molecular weight excluding hydrogens is 491 g/mol. The Labute approximate surface area is 224 Å². The van der Waals surface area contributed by atoms with Crippen molar-refractivity contribution in [1.29, 1.82) is 0 Å². The fourth-order valence-corrected chi connectivity index (χ4v) is 6.04. The summed E-state index contributed by atoms with van der Waals surface area (Å²) in [5, 5.41) is 3.18. The highest BCUT2D eigenvalue weighted by Crippen LogP contribution is 2.34. The number of rotatable bonds is 7. The second-order valence-electron chi connectivity index (χ2n) is 10.9. The molecule has 2 unspecified atom stereocenters. The van der Waals surface area contributed by atoms with Crippen molar-refractivity contribution in [3.05, 3.63) is 53.9 Å². The number of aryl methyl sites for hydroxylation is 1. The predicted molar refractivity (Wildman–Crippen MR) is 145 cm³/mol. The van der Waals surface area contributed by atoms with Crippen molar-refractivity contribution < 1.29 is 18.0 Å². The number of nitrogens with one attached hydrogen (secondary N) is 1. The smallest absolute Gasteiger partial charge is 0.382 e. The van der Waals surface area contributed by atoms with E-state index in [0.717, 1.165) is 58.1 Å². The zero-order valence-electron chi connectivity index (χ0n) is 21.4. The van der Waals surface area contributed by atoms with E-state index in [2.05, 4.69) is 51.3 Å². The van der Waals surface area contributed by atoms with Crippen molar-refractivity contribution in [3.63, 3.8) is 0 Å². The average Bonchev–Trinajstić information content (AvgIpc) is 3.44. The minimum absolute atomic E-state index is 0. The number of carbonyl (C=O) groups excluding carboxylic acids is 1. The van der Waals surface area contributed by atoms with E-state index in [4.69, 9.17) is 0 Å². The van der Waals surface area contributed by atoms with Crippen LogP contribution in [0.3, 0.4) is 0 Å². The van der Waals surface area contributed by atoms with Crippen LogP contribution in [0, 0.1) is 18.8 Å². The second kappa shape index (κ2) is 11.9.